The van der Waals surface area contributed by atoms with Crippen LogP contribution < -0.4 is 4.74 Å². The van der Waals surface area contributed by atoms with Crippen molar-refractivity contribution in [1.82, 2.24) is 4.90 Å². The van der Waals surface area contributed by atoms with Crippen molar-refractivity contribution >= 4 is 0 Å². The van der Waals surface area contributed by atoms with Crippen molar-refractivity contribution in [3.63, 3.8) is 0 Å². The largest absolute Gasteiger partial charge is 0.508 e. The average Bonchev–Trinajstić information content (AvgIpc) is 2.55. The van der Waals surface area contributed by atoms with Crippen molar-refractivity contribution in [1.29, 1.82) is 0 Å². The van der Waals surface area contributed by atoms with Gasteiger partial charge in [0.15, 0.2) is 0 Å². The molecule has 3 N–H and O–H groups in total. The lowest BCUT2D eigenvalue weighted by Gasteiger charge is -2.25. The molecule has 0 fully saturated rings. The van der Waals surface area contributed by atoms with Gasteiger partial charge in [-0.1, -0.05) is 30.3 Å². The van der Waals surface area contributed by atoms with E-state index in [4.69, 9.17) is 4.74 Å². The summed E-state index contributed by atoms with van der Waals surface area (Å²) in [6.07, 6.45) is -1.03. The Bertz CT molecular complexity index is 633. The normalized spacial score (nSPS) is 13.6. The first kappa shape index (κ1) is 19.2. The third-order valence-electron chi connectivity index (χ3n) is 3.74. The van der Waals surface area contributed by atoms with Crippen LogP contribution >= 0.6 is 0 Å². The zero-order chi connectivity index (χ0) is 18.2. The van der Waals surface area contributed by atoms with Gasteiger partial charge in [-0.3, -0.25) is 4.90 Å². The molecule has 0 saturated carbocycles. The fourth-order valence-corrected chi connectivity index (χ4v) is 2.71. The molecule has 0 heterocycles. The average molecular weight is 345 g/mol. The van der Waals surface area contributed by atoms with Gasteiger partial charge < -0.3 is 20.1 Å². The molecule has 2 atom stereocenters. The van der Waals surface area contributed by atoms with Crippen LogP contribution in [0.15, 0.2) is 48.5 Å². The monoisotopic (exact) mass is 345 g/mol. The fraction of sp³-hybridized carbons (Fsp3) is 0.400. The maximum Gasteiger partial charge on any atom is 0.120 e. The molecule has 0 bridgehead atoms. The maximum atomic E-state index is 10.1. The lowest BCUT2D eigenvalue weighted by Crippen LogP contribution is -2.35. The number of hydrogen-bond donors (Lipinski definition) is 3. The quantitative estimate of drug-likeness (QED) is 0.651. The Labute approximate surface area is 149 Å². The minimum Gasteiger partial charge on any atom is -0.508 e. The maximum absolute atomic E-state index is 10.1. The van der Waals surface area contributed by atoms with Crippen molar-refractivity contribution in [2.45, 2.75) is 39.2 Å². The lowest BCUT2D eigenvalue weighted by molar-refractivity contribution is 0.0789. The Balaban J connectivity index is 2.06. The van der Waals surface area contributed by atoms with E-state index < -0.39 is 12.2 Å². The number of rotatable bonds is 9. The number of phenols is 1. The van der Waals surface area contributed by atoms with Crippen LogP contribution in [-0.4, -0.2) is 45.5 Å². The molecule has 0 aliphatic heterocycles. The van der Waals surface area contributed by atoms with Crippen LogP contribution in [0.5, 0.6) is 11.5 Å². The molecule has 5 heteroatoms. The van der Waals surface area contributed by atoms with Gasteiger partial charge in [0, 0.05) is 25.2 Å². The molecule has 2 aromatic rings. The van der Waals surface area contributed by atoms with Crippen molar-refractivity contribution in [3.05, 3.63) is 59.7 Å². The van der Waals surface area contributed by atoms with Crippen LogP contribution in [0.3, 0.4) is 0 Å². The van der Waals surface area contributed by atoms with Gasteiger partial charge in [-0.05, 0) is 37.6 Å². The molecular formula is C20H27NO4. The van der Waals surface area contributed by atoms with E-state index in [2.05, 4.69) is 0 Å². The van der Waals surface area contributed by atoms with Crippen LogP contribution in [0.1, 0.15) is 25.0 Å². The summed E-state index contributed by atoms with van der Waals surface area (Å²) in [5.41, 5.74) is 1.77. The number of aromatic hydroxyl groups is 1. The summed E-state index contributed by atoms with van der Waals surface area (Å²) in [6, 6.07) is 15.0. The van der Waals surface area contributed by atoms with Gasteiger partial charge in [-0.15, -0.1) is 0 Å². The number of phenolic OH excluding ortho intramolecular Hbond substituents is 1. The van der Waals surface area contributed by atoms with E-state index in [1.54, 1.807) is 32.0 Å². The first-order valence-corrected chi connectivity index (χ1v) is 8.51. The molecule has 5 nitrogen and oxygen atoms in total. The highest BCUT2D eigenvalue weighted by atomic mass is 16.5. The molecule has 25 heavy (non-hydrogen) atoms. The highest BCUT2D eigenvalue weighted by molar-refractivity contribution is 5.39. The Hall–Kier alpha value is -2.08. The molecule has 0 saturated heterocycles. The number of aliphatic hydroxyl groups excluding tert-OH is 2. The van der Waals surface area contributed by atoms with Gasteiger partial charge in [-0.25, -0.2) is 0 Å². The highest BCUT2D eigenvalue weighted by Crippen LogP contribution is 2.25. The second-order valence-corrected chi connectivity index (χ2v) is 6.46. The first-order chi connectivity index (χ1) is 11.9. The molecule has 2 rings (SSSR count). The van der Waals surface area contributed by atoms with E-state index in [1.165, 1.54) is 0 Å². The lowest BCUT2D eigenvalue weighted by atomic mass is 10.1. The van der Waals surface area contributed by atoms with Crippen LogP contribution in [0, 0.1) is 0 Å². The second kappa shape index (κ2) is 9.42. The molecule has 2 aromatic carbocycles. The van der Waals surface area contributed by atoms with Crippen LogP contribution in [-0.2, 0) is 13.2 Å². The van der Waals surface area contributed by atoms with Gasteiger partial charge >= 0.3 is 0 Å². The van der Waals surface area contributed by atoms with Crippen molar-refractivity contribution in [3.8, 4) is 11.5 Å². The summed E-state index contributed by atoms with van der Waals surface area (Å²) < 4.78 is 5.80. The molecular weight excluding hydrogens is 318 g/mol. The van der Waals surface area contributed by atoms with E-state index in [0.29, 0.717) is 37.6 Å². The predicted octanol–water partition coefficient (Wildman–Crippen LogP) is 2.53. The number of hydrogen-bond acceptors (Lipinski definition) is 5. The molecule has 0 aliphatic rings. The molecule has 0 spiro atoms. The summed E-state index contributed by atoms with van der Waals surface area (Å²) in [6.45, 7) is 5.11. The minimum absolute atomic E-state index is 0.174. The van der Waals surface area contributed by atoms with Gasteiger partial charge in [0.05, 0.1) is 12.2 Å². The third-order valence-corrected chi connectivity index (χ3v) is 3.74. The number of nitrogens with zero attached hydrogens (tertiary/aromatic N) is 1. The number of benzene rings is 2. The summed E-state index contributed by atoms with van der Waals surface area (Å²) in [4.78, 5) is 1.91. The molecule has 0 unspecified atom stereocenters. The van der Waals surface area contributed by atoms with Gasteiger partial charge in [-0.2, -0.15) is 0 Å². The zero-order valence-corrected chi connectivity index (χ0v) is 14.8. The standard InChI is InChI=1S/C20H27NO4/c1-15(22)11-21(12-16(2)23)13-18-10-19(8-9-20(18)24)25-14-17-6-4-3-5-7-17/h3-10,15-16,22-24H,11-14H2,1-2H3/t15-,16-/m1/s1. The van der Waals surface area contributed by atoms with E-state index in [1.807, 2.05) is 35.2 Å². The first-order valence-electron chi connectivity index (χ1n) is 8.51. The third kappa shape index (κ3) is 6.74. The number of ether oxygens (including phenoxy) is 1. The van der Waals surface area contributed by atoms with Crippen LogP contribution in [0.25, 0.3) is 0 Å². The SMILES string of the molecule is C[C@@H](O)CN(Cc1cc(OCc2ccccc2)ccc1O)C[C@@H](C)O. The van der Waals surface area contributed by atoms with Crippen molar-refractivity contribution in [2.24, 2.45) is 0 Å². The second-order valence-electron chi connectivity index (χ2n) is 6.46. The van der Waals surface area contributed by atoms with E-state index in [0.717, 1.165) is 5.56 Å². The summed E-state index contributed by atoms with van der Waals surface area (Å²) >= 11 is 0. The van der Waals surface area contributed by atoms with Crippen molar-refractivity contribution in [2.75, 3.05) is 13.1 Å². The van der Waals surface area contributed by atoms with Crippen LogP contribution in [0.4, 0.5) is 0 Å². The smallest absolute Gasteiger partial charge is 0.120 e. The Morgan fingerprint density at radius 1 is 0.960 bits per heavy atom. The molecule has 136 valence electrons. The Kier molecular flexibility index (Phi) is 7.25. The van der Waals surface area contributed by atoms with Gasteiger partial charge in [0.1, 0.15) is 18.1 Å². The van der Waals surface area contributed by atoms with E-state index >= 15 is 0 Å². The summed E-state index contributed by atoms with van der Waals surface area (Å²) in [5, 5.41) is 29.4. The Morgan fingerprint density at radius 2 is 1.60 bits per heavy atom. The highest BCUT2D eigenvalue weighted by Gasteiger charge is 2.14. The van der Waals surface area contributed by atoms with Crippen LogP contribution in [0.2, 0.25) is 0 Å². The molecule has 0 aromatic heterocycles. The molecule has 0 aliphatic carbocycles. The zero-order valence-electron chi connectivity index (χ0n) is 14.8. The minimum atomic E-state index is -0.515. The Morgan fingerprint density at radius 3 is 2.20 bits per heavy atom. The summed E-state index contributed by atoms with van der Waals surface area (Å²) in [5.74, 6) is 0.846. The topological polar surface area (TPSA) is 73.2 Å². The van der Waals surface area contributed by atoms with Crippen molar-refractivity contribution < 1.29 is 20.1 Å². The van der Waals surface area contributed by atoms with Gasteiger partial charge in [0.2, 0.25) is 0 Å². The van der Waals surface area contributed by atoms with Gasteiger partial charge in [0.25, 0.3) is 0 Å². The fourth-order valence-electron chi connectivity index (χ4n) is 2.71. The molecule has 0 radical (unpaired) electrons. The summed E-state index contributed by atoms with van der Waals surface area (Å²) in [7, 11) is 0. The molecule has 0 amide bonds. The van der Waals surface area contributed by atoms with E-state index in [-0.39, 0.29) is 5.75 Å². The van der Waals surface area contributed by atoms with E-state index in [9.17, 15) is 15.3 Å². The predicted molar refractivity (Wildman–Crippen MR) is 97.5 cm³/mol. The number of aliphatic hydroxyl groups is 2.